The molecule has 1 unspecified atom stereocenters. The van der Waals surface area contributed by atoms with Gasteiger partial charge in [0.2, 0.25) is 0 Å². The van der Waals surface area contributed by atoms with E-state index in [9.17, 15) is 0 Å². The van der Waals surface area contributed by atoms with Crippen molar-refractivity contribution in [3.05, 3.63) is 59.8 Å². The summed E-state index contributed by atoms with van der Waals surface area (Å²) in [6, 6.07) is 17.3. The number of nitrogens with two attached hydrogens (primary N) is 1. The molecule has 0 amide bonds. The van der Waals surface area contributed by atoms with Gasteiger partial charge in [-0.05, 0) is 61.1 Å². The molecule has 3 rings (SSSR count). The largest absolute Gasteiger partial charge is 0.377 e. The molecule has 0 bridgehead atoms. The number of hydrogen-bond donors (Lipinski definition) is 2. The highest BCUT2D eigenvalue weighted by atomic mass is 32.1. The Labute approximate surface area is 148 Å². The van der Waals surface area contributed by atoms with Crippen LogP contribution in [-0.2, 0) is 6.42 Å². The van der Waals surface area contributed by atoms with Crippen LogP contribution in [0.2, 0.25) is 0 Å². The van der Waals surface area contributed by atoms with Gasteiger partial charge in [0.15, 0.2) is 0 Å². The van der Waals surface area contributed by atoms with Gasteiger partial charge in [0.25, 0.3) is 0 Å². The molecule has 3 aromatic rings. The lowest BCUT2D eigenvalue weighted by Gasteiger charge is -2.18. The van der Waals surface area contributed by atoms with Gasteiger partial charge in [0.05, 0.1) is 16.4 Å². The number of benzene rings is 2. The fraction of sp³-hybridized carbons (Fsp3) is 0.350. The average molecular weight is 340 g/mol. The third-order valence-electron chi connectivity index (χ3n) is 4.30. The number of nitrogens with zero attached hydrogens (tertiary/aromatic N) is 1. The second-order valence-corrected chi connectivity index (χ2v) is 6.94. The van der Waals surface area contributed by atoms with Gasteiger partial charge in [-0.25, -0.2) is 0 Å². The highest BCUT2D eigenvalue weighted by Gasteiger charge is 2.17. The monoisotopic (exact) mass is 339 g/mol. The second kappa shape index (κ2) is 8.27. The Kier molecular flexibility index (Phi) is 5.83. The Hall–Kier alpha value is -1.91. The molecule has 3 N–H and O–H groups in total. The Morgan fingerprint density at radius 1 is 1.12 bits per heavy atom. The van der Waals surface area contributed by atoms with E-state index in [-0.39, 0.29) is 6.04 Å². The van der Waals surface area contributed by atoms with Crippen LogP contribution >= 0.6 is 11.5 Å². The fourth-order valence-corrected chi connectivity index (χ4v) is 3.78. The summed E-state index contributed by atoms with van der Waals surface area (Å²) in [6.07, 6.45) is 4.49. The van der Waals surface area contributed by atoms with E-state index in [1.165, 1.54) is 28.5 Å². The third-order valence-corrected chi connectivity index (χ3v) is 5.15. The first-order valence-electron chi connectivity index (χ1n) is 8.71. The zero-order chi connectivity index (χ0) is 16.8. The van der Waals surface area contributed by atoms with Crippen LogP contribution in [0.1, 0.15) is 43.5 Å². The number of anilines is 1. The molecule has 0 fully saturated rings. The molecule has 2 aromatic carbocycles. The van der Waals surface area contributed by atoms with E-state index in [4.69, 9.17) is 10.1 Å². The molecule has 0 radical (unpaired) electrons. The van der Waals surface area contributed by atoms with E-state index >= 15 is 0 Å². The van der Waals surface area contributed by atoms with Crippen molar-refractivity contribution in [1.29, 1.82) is 0 Å². The van der Waals surface area contributed by atoms with Crippen molar-refractivity contribution in [2.75, 3.05) is 11.9 Å². The van der Waals surface area contributed by atoms with Gasteiger partial charge in [-0.1, -0.05) is 43.7 Å². The molecule has 1 atom stereocenters. The van der Waals surface area contributed by atoms with Gasteiger partial charge in [0, 0.05) is 11.1 Å². The normalized spacial score (nSPS) is 12.4. The number of fused-ring (bicyclic) bond motifs is 1. The Bertz CT molecular complexity index is 764. The van der Waals surface area contributed by atoms with Crippen LogP contribution in [0.25, 0.3) is 10.1 Å². The van der Waals surface area contributed by atoms with Crippen molar-refractivity contribution in [2.24, 2.45) is 5.73 Å². The van der Waals surface area contributed by atoms with Crippen molar-refractivity contribution >= 4 is 27.3 Å². The summed E-state index contributed by atoms with van der Waals surface area (Å²) >= 11 is 1.56. The van der Waals surface area contributed by atoms with Crippen molar-refractivity contribution in [1.82, 2.24) is 4.37 Å². The molecule has 0 saturated heterocycles. The molecular formula is C20H25N3S. The molecule has 0 saturated carbocycles. The molecular weight excluding hydrogens is 314 g/mol. The maximum atomic E-state index is 5.85. The minimum atomic E-state index is 0.146. The van der Waals surface area contributed by atoms with E-state index in [1.807, 2.05) is 0 Å². The lowest BCUT2D eigenvalue weighted by atomic mass is 10.0. The highest BCUT2D eigenvalue weighted by molar-refractivity contribution is 7.13. The first-order valence-corrected chi connectivity index (χ1v) is 9.49. The van der Waals surface area contributed by atoms with Gasteiger partial charge < -0.3 is 11.1 Å². The summed E-state index contributed by atoms with van der Waals surface area (Å²) in [5, 5.41) is 4.85. The predicted octanol–water partition coefficient (Wildman–Crippen LogP) is 5.14. The number of nitrogens with one attached hydrogen (secondary N) is 1. The van der Waals surface area contributed by atoms with Gasteiger partial charge in [-0.2, -0.15) is 4.37 Å². The van der Waals surface area contributed by atoms with E-state index < -0.39 is 0 Å². The molecule has 0 aliphatic heterocycles. The summed E-state index contributed by atoms with van der Waals surface area (Å²) in [7, 11) is 0. The Morgan fingerprint density at radius 3 is 2.67 bits per heavy atom. The smallest absolute Gasteiger partial charge is 0.0843 e. The number of hydrogen-bond acceptors (Lipinski definition) is 4. The summed E-state index contributed by atoms with van der Waals surface area (Å²) in [5.41, 5.74) is 9.49. The predicted molar refractivity (Wildman–Crippen MR) is 105 cm³/mol. The van der Waals surface area contributed by atoms with Crippen LogP contribution in [0.15, 0.2) is 48.5 Å². The van der Waals surface area contributed by atoms with Crippen molar-refractivity contribution in [3.8, 4) is 0 Å². The lowest BCUT2D eigenvalue weighted by molar-refractivity contribution is 0.695. The first kappa shape index (κ1) is 16.9. The average Bonchev–Trinajstić information content (AvgIpc) is 3.05. The van der Waals surface area contributed by atoms with Crippen LogP contribution in [-0.4, -0.2) is 10.9 Å². The molecule has 4 heteroatoms. The third kappa shape index (κ3) is 3.94. The van der Waals surface area contributed by atoms with Crippen molar-refractivity contribution < 1.29 is 0 Å². The van der Waals surface area contributed by atoms with E-state index in [0.29, 0.717) is 6.54 Å². The molecule has 1 heterocycles. The van der Waals surface area contributed by atoms with Crippen LogP contribution in [0.5, 0.6) is 0 Å². The first-order chi connectivity index (χ1) is 11.8. The van der Waals surface area contributed by atoms with Gasteiger partial charge in [0.1, 0.15) is 0 Å². The van der Waals surface area contributed by atoms with Crippen molar-refractivity contribution in [2.45, 2.75) is 38.6 Å². The maximum absolute atomic E-state index is 5.85. The minimum Gasteiger partial charge on any atom is -0.377 e. The lowest BCUT2D eigenvalue weighted by Crippen LogP contribution is -2.16. The van der Waals surface area contributed by atoms with Gasteiger partial charge >= 0.3 is 0 Å². The van der Waals surface area contributed by atoms with Crippen LogP contribution in [0.3, 0.4) is 0 Å². The summed E-state index contributed by atoms with van der Waals surface area (Å²) in [5.74, 6) is 0. The van der Waals surface area contributed by atoms with Gasteiger partial charge in [-0.3, -0.25) is 0 Å². The quantitative estimate of drug-likeness (QED) is 0.597. The number of rotatable bonds is 8. The SMILES string of the molecule is CCCCc1ccc(NC(CCN)c2nsc3ccccc23)cc1. The molecule has 3 nitrogen and oxygen atoms in total. The molecule has 0 aliphatic rings. The van der Waals surface area contributed by atoms with E-state index in [0.717, 1.165) is 24.2 Å². The standard InChI is InChI=1S/C20H25N3S/c1-2-3-6-15-9-11-16(12-10-15)22-18(13-14-21)20-17-7-4-5-8-19(17)24-23-20/h4-5,7-12,18,22H,2-3,6,13-14,21H2,1H3. The van der Waals surface area contributed by atoms with Crippen LogP contribution in [0.4, 0.5) is 5.69 Å². The molecule has 24 heavy (non-hydrogen) atoms. The zero-order valence-electron chi connectivity index (χ0n) is 14.2. The van der Waals surface area contributed by atoms with Crippen LogP contribution in [0, 0.1) is 0 Å². The fourth-order valence-electron chi connectivity index (χ4n) is 2.95. The minimum absolute atomic E-state index is 0.146. The molecule has 0 spiro atoms. The molecule has 126 valence electrons. The Balaban J connectivity index is 1.79. The van der Waals surface area contributed by atoms with Crippen LogP contribution < -0.4 is 11.1 Å². The summed E-state index contributed by atoms with van der Waals surface area (Å²) in [6.45, 7) is 2.86. The summed E-state index contributed by atoms with van der Waals surface area (Å²) < 4.78 is 5.92. The van der Waals surface area contributed by atoms with E-state index in [1.54, 1.807) is 11.5 Å². The second-order valence-electron chi connectivity index (χ2n) is 6.14. The number of aromatic nitrogens is 1. The highest BCUT2D eigenvalue weighted by Crippen LogP contribution is 2.30. The summed E-state index contributed by atoms with van der Waals surface area (Å²) in [4.78, 5) is 0. The van der Waals surface area contributed by atoms with E-state index in [2.05, 4.69) is 60.8 Å². The van der Waals surface area contributed by atoms with Gasteiger partial charge in [-0.15, -0.1) is 0 Å². The zero-order valence-corrected chi connectivity index (χ0v) is 15.0. The number of unbranched alkanes of at least 4 members (excludes halogenated alkanes) is 1. The van der Waals surface area contributed by atoms with Crippen molar-refractivity contribution in [3.63, 3.8) is 0 Å². The molecule has 1 aromatic heterocycles. The Morgan fingerprint density at radius 2 is 1.92 bits per heavy atom. The maximum Gasteiger partial charge on any atom is 0.0843 e. The molecule has 0 aliphatic carbocycles. The topological polar surface area (TPSA) is 50.9 Å². The number of aryl methyl sites for hydroxylation is 1.